The van der Waals surface area contributed by atoms with Crippen LogP contribution in [0.2, 0.25) is 0 Å². The number of hydrogen-bond donors (Lipinski definition) is 1. The number of nitrogen functional groups attached to an aromatic ring is 1. The van der Waals surface area contributed by atoms with Gasteiger partial charge in [-0.2, -0.15) is 0 Å². The van der Waals surface area contributed by atoms with E-state index in [1.165, 1.54) is 0 Å². The molecular weight excluding hydrogens is 230 g/mol. The zero-order valence-corrected chi connectivity index (χ0v) is 10.8. The van der Waals surface area contributed by atoms with Crippen molar-refractivity contribution >= 4 is 5.69 Å². The molecule has 1 unspecified atom stereocenters. The van der Waals surface area contributed by atoms with E-state index in [2.05, 4.69) is 29.4 Å². The summed E-state index contributed by atoms with van der Waals surface area (Å²) < 4.78 is 6.98. The summed E-state index contributed by atoms with van der Waals surface area (Å²) in [6.07, 6.45) is 0.946. The van der Waals surface area contributed by atoms with Crippen molar-refractivity contribution in [1.29, 1.82) is 0 Å². The van der Waals surface area contributed by atoms with Gasteiger partial charge in [0.1, 0.15) is 5.75 Å². The molecule has 6 heteroatoms. The number of hydrogen-bond acceptors (Lipinski definition) is 5. The minimum absolute atomic E-state index is 0.223. The summed E-state index contributed by atoms with van der Waals surface area (Å²) in [5.74, 6) is 1.40. The number of methoxy groups -OCH3 is 1. The van der Waals surface area contributed by atoms with E-state index in [0.29, 0.717) is 11.5 Å². The summed E-state index contributed by atoms with van der Waals surface area (Å²) in [6.45, 7) is 4.15. The second-order valence-electron chi connectivity index (χ2n) is 4.16. The van der Waals surface area contributed by atoms with E-state index in [-0.39, 0.29) is 6.04 Å². The Hall–Kier alpha value is -2.11. The van der Waals surface area contributed by atoms with Gasteiger partial charge in [0.05, 0.1) is 13.2 Å². The molecule has 0 aliphatic heterocycles. The lowest BCUT2D eigenvalue weighted by Crippen LogP contribution is -2.08. The van der Waals surface area contributed by atoms with Crippen LogP contribution in [0.1, 0.15) is 26.3 Å². The van der Waals surface area contributed by atoms with Crippen LogP contribution < -0.4 is 10.5 Å². The van der Waals surface area contributed by atoms with Gasteiger partial charge in [0.2, 0.25) is 0 Å². The van der Waals surface area contributed by atoms with Crippen molar-refractivity contribution in [2.24, 2.45) is 0 Å². The molecule has 0 saturated carbocycles. The van der Waals surface area contributed by atoms with Crippen molar-refractivity contribution in [3.63, 3.8) is 0 Å². The van der Waals surface area contributed by atoms with Crippen molar-refractivity contribution in [2.75, 3.05) is 12.8 Å². The third-order valence-corrected chi connectivity index (χ3v) is 3.00. The minimum Gasteiger partial charge on any atom is -0.497 e. The lowest BCUT2D eigenvalue weighted by atomic mass is 10.1. The molecule has 2 aromatic rings. The summed E-state index contributed by atoms with van der Waals surface area (Å²) in [7, 11) is 1.62. The van der Waals surface area contributed by atoms with Crippen LogP contribution in [0.25, 0.3) is 11.4 Å². The smallest absolute Gasteiger partial charge is 0.184 e. The number of anilines is 1. The average Bonchev–Trinajstić information content (AvgIpc) is 2.87. The van der Waals surface area contributed by atoms with Gasteiger partial charge in [-0.15, -0.1) is 5.10 Å². The van der Waals surface area contributed by atoms with E-state index < -0.39 is 0 Å². The van der Waals surface area contributed by atoms with Crippen LogP contribution in [0.4, 0.5) is 5.69 Å². The molecule has 0 aliphatic rings. The van der Waals surface area contributed by atoms with E-state index in [4.69, 9.17) is 10.5 Å². The van der Waals surface area contributed by atoms with Crippen molar-refractivity contribution in [2.45, 2.75) is 26.3 Å². The van der Waals surface area contributed by atoms with Gasteiger partial charge in [0, 0.05) is 11.3 Å². The number of tetrazole rings is 1. The highest BCUT2D eigenvalue weighted by Crippen LogP contribution is 2.29. The molecule has 2 N–H and O–H groups in total. The fraction of sp³-hybridized carbons (Fsp3) is 0.417. The van der Waals surface area contributed by atoms with Crippen LogP contribution in [0.3, 0.4) is 0 Å². The Kier molecular flexibility index (Phi) is 3.45. The van der Waals surface area contributed by atoms with Crippen molar-refractivity contribution in [3.05, 3.63) is 18.2 Å². The Labute approximate surface area is 106 Å². The Morgan fingerprint density at radius 1 is 1.44 bits per heavy atom. The highest BCUT2D eigenvalue weighted by Gasteiger charge is 2.16. The van der Waals surface area contributed by atoms with Gasteiger partial charge in [-0.25, -0.2) is 4.68 Å². The zero-order valence-electron chi connectivity index (χ0n) is 10.8. The number of ether oxygens (including phenoxy) is 1. The second kappa shape index (κ2) is 5.03. The average molecular weight is 247 g/mol. The van der Waals surface area contributed by atoms with E-state index in [1.807, 2.05) is 12.1 Å². The van der Waals surface area contributed by atoms with E-state index in [0.717, 1.165) is 17.7 Å². The standard InChI is InChI=1S/C12H17N5O/c1-4-8(2)17-12(14-15-16-17)10-7-9(18-3)5-6-11(10)13/h5-8H,4,13H2,1-3H3. The number of aromatic nitrogens is 4. The molecule has 2 rings (SSSR count). The zero-order chi connectivity index (χ0) is 13.1. The fourth-order valence-electron chi connectivity index (χ4n) is 1.70. The molecule has 0 amide bonds. The van der Waals surface area contributed by atoms with E-state index >= 15 is 0 Å². The topological polar surface area (TPSA) is 78.8 Å². The van der Waals surface area contributed by atoms with Crippen molar-refractivity contribution in [1.82, 2.24) is 20.2 Å². The summed E-state index contributed by atoms with van der Waals surface area (Å²) in [5, 5.41) is 11.8. The molecule has 6 nitrogen and oxygen atoms in total. The van der Waals surface area contributed by atoms with Gasteiger partial charge >= 0.3 is 0 Å². The van der Waals surface area contributed by atoms with Crippen LogP contribution >= 0.6 is 0 Å². The SMILES string of the molecule is CCC(C)n1nnnc1-c1cc(OC)ccc1N. The molecule has 1 heterocycles. The van der Waals surface area contributed by atoms with Gasteiger partial charge in [-0.1, -0.05) is 6.92 Å². The van der Waals surface area contributed by atoms with Gasteiger partial charge in [0.25, 0.3) is 0 Å². The molecule has 0 fully saturated rings. The largest absolute Gasteiger partial charge is 0.497 e. The molecule has 0 bridgehead atoms. The third-order valence-electron chi connectivity index (χ3n) is 3.00. The lowest BCUT2D eigenvalue weighted by molar-refractivity contribution is 0.415. The van der Waals surface area contributed by atoms with Crippen LogP contribution in [-0.4, -0.2) is 27.3 Å². The Morgan fingerprint density at radius 3 is 2.89 bits per heavy atom. The highest BCUT2D eigenvalue weighted by molar-refractivity contribution is 5.73. The number of nitrogens with zero attached hydrogens (tertiary/aromatic N) is 4. The first kappa shape index (κ1) is 12.3. The van der Waals surface area contributed by atoms with Crippen LogP contribution in [0.5, 0.6) is 5.75 Å². The molecular formula is C12H17N5O. The maximum Gasteiger partial charge on any atom is 0.184 e. The van der Waals surface area contributed by atoms with Crippen LogP contribution in [-0.2, 0) is 0 Å². The monoisotopic (exact) mass is 247 g/mol. The second-order valence-corrected chi connectivity index (χ2v) is 4.16. The first-order valence-corrected chi connectivity index (χ1v) is 5.89. The maximum absolute atomic E-state index is 5.98. The molecule has 0 saturated heterocycles. The van der Waals surface area contributed by atoms with Crippen molar-refractivity contribution < 1.29 is 4.74 Å². The van der Waals surface area contributed by atoms with Crippen LogP contribution in [0.15, 0.2) is 18.2 Å². The van der Waals surface area contributed by atoms with Crippen LogP contribution in [0, 0.1) is 0 Å². The normalized spacial score (nSPS) is 12.4. The Morgan fingerprint density at radius 2 is 2.22 bits per heavy atom. The first-order chi connectivity index (χ1) is 8.67. The van der Waals surface area contributed by atoms with Gasteiger partial charge in [-0.3, -0.25) is 0 Å². The maximum atomic E-state index is 5.98. The van der Waals surface area contributed by atoms with Gasteiger partial charge < -0.3 is 10.5 Å². The predicted molar refractivity (Wildman–Crippen MR) is 69.2 cm³/mol. The summed E-state index contributed by atoms with van der Waals surface area (Å²) >= 11 is 0. The third kappa shape index (κ3) is 2.13. The molecule has 0 aliphatic carbocycles. The summed E-state index contributed by atoms with van der Waals surface area (Å²) in [4.78, 5) is 0. The summed E-state index contributed by atoms with van der Waals surface area (Å²) in [5.41, 5.74) is 7.41. The number of nitrogens with two attached hydrogens (primary N) is 1. The minimum atomic E-state index is 0.223. The molecule has 0 radical (unpaired) electrons. The molecule has 1 atom stereocenters. The first-order valence-electron chi connectivity index (χ1n) is 5.89. The van der Waals surface area contributed by atoms with Crippen molar-refractivity contribution in [3.8, 4) is 17.1 Å². The van der Waals surface area contributed by atoms with Gasteiger partial charge in [-0.05, 0) is 42.0 Å². The fourth-order valence-corrected chi connectivity index (χ4v) is 1.70. The molecule has 0 spiro atoms. The van der Waals surface area contributed by atoms with E-state index in [9.17, 15) is 0 Å². The molecule has 1 aromatic carbocycles. The Balaban J connectivity index is 2.51. The number of rotatable bonds is 4. The lowest BCUT2D eigenvalue weighted by Gasteiger charge is -2.12. The molecule has 96 valence electrons. The number of benzene rings is 1. The highest BCUT2D eigenvalue weighted by atomic mass is 16.5. The quantitative estimate of drug-likeness (QED) is 0.835. The Bertz CT molecular complexity index is 537. The van der Waals surface area contributed by atoms with E-state index in [1.54, 1.807) is 17.9 Å². The molecule has 18 heavy (non-hydrogen) atoms. The molecule has 1 aromatic heterocycles. The summed E-state index contributed by atoms with van der Waals surface area (Å²) in [6, 6.07) is 5.68. The predicted octanol–water partition coefficient (Wildman–Crippen LogP) is 1.90. The van der Waals surface area contributed by atoms with Gasteiger partial charge in [0.15, 0.2) is 5.82 Å².